The van der Waals surface area contributed by atoms with Crippen LogP contribution >= 0.6 is 0 Å². The zero-order valence-electron chi connectivity index (χ0n) is 25.9. The highest BCUT2D eigenvalue weighted by Gasteiger charge is 2.31. The topological polar surface area (TPSA) is 116 Å². The van der Waals surface area contributed by atoms with Gasteiger partial charge in [-0.05, 0) is 69.8 Å². The molecule has 0 radical (unpaired) electrons. The van der Waals surface area contributed by atoms with E-state index >= 15 is 0 Å². The van der Waals surface area contributed by atoms with Gasteiger partial charge in [-0.15, -0.1) is 0 Å². The lowest BCUT2D eigenvalue weighted by molar-refractivity contribution is 0.189. The molecule has 3 aromatic carbocycles. The maximum Gasteiger partial charge on any atom is 0.232 e. The molecule has 2 N–H and O–H groups in total. The van der Waals surface area contributed by atoms with Gasteiger partial charge in [0.05, 0.1) is 28.3 Å². The van der Waals surface area contributed by atoms with Crippen LogP contribution < -0.4 is 20.3 Å². The summed E-state index contributed by atoms with van der Waals surface area (Å²) in [5, 5.41) is 6.29. The number of nitrogens with one attached hydrogen (secondary N) is 2. The van der Waals surface area contributed by atoms with Gasteiger partial charge in [0.2, 0.25) is 21.7 Å². The van der Waals surface area contributed by atoms with E-state index in [2.05, 4.69) is 60.4 Å². The number of nitrogens with zero attached hydrogens (tertiary/aromatic N) is 6. The zero-order chi connectivity index (χ0) is 31.4. The van der Waals surface area contributed by atoms with E-state index < -0.39 is 9.84 Å². The van der Waals surface area contributed by atoms with Gasteiger partial charge in [-0.25, -0.2) is 18.4 Å². The van der Waals surface area contributed by atoms with E-state index in [9.17, 15) is 8.42 Å². The van der Waals surface area contributed by atoms with Crippen molar-refractivity contribution in [1.29, 1.82) is 0 Å². The van der Waals surface area contributed by atoms with E-state index in [1.54, 1.807) is 61.7 Å². The Bertz CT molecular complexity index is 1710. The summed E-state index contributed by atoms with van der Waals surface area (Å²) in [5.41, 5.74) is 2.20. The van der Waals surface area contributed by atoms with Crippen LogP contribution in [0, 0.1) is 0 Å². The number of anilines is 5. The fourth-order valence-corrected chi connectivity index (χ4v) is 7.61. The van der Waals surface area contributed by atoms with E-state index in [-0.39, 0.29) is 15.7 Å². The van der Waals surface area contributed by atoms with Gasteiger partial charge in [-0.2, -0.15) is 4.98 Å². The third-order valence-corrected chi connectivity index (χ3v) is 10.6. The molecule has 2 aliphatic heterocycles. The largest absolute Gasteiger partial charge is 0.494 e. The number of methoxy groups -OCH3 is 1. The summed E-state index contributed by atoms with van der Waals surface area (Å²) in [7, 11) is 2.25. The number of aromatic nitrogens is 3. The van der Waals surface area contributed by atoms with Gasteiger partial charge in [-0.1, -0.05) is 30.3 Å². The lowest BCUT2D eigenvalue weighted by atomic mass is 10.0. The Kier molecular flexibility index (Phi) is 9.15. The Morgan fingerprint density at radius 1 is 0.844 bits per heavy atom. The molecule has 2 aliphatic rings. The number of piperidine rings is 1. The van der Waals surface area contributed by atoms with Crippen LogP contribution in [0.5, 0.6) is 5.75 Å². The van der Waals surface area contributed by atoms with Gasteiger partial charge < -0.3 is 25.2 Å². The Morgan fingerprint density at radius 2 is 1.53 bits per heavy atom. The predicted molar refractivity (Wildman–Crippen MR) is 177 cm³/mol. The van der Waals surface area contributed by atoms with E-state index in [0.29, 0.717) is 35.2 Å². The van der Waals surface area contributed by atoms with Gasteiger partial charge in [0.25, 0.3) is 0 Å². The Labute approximate surface area is 265 Å². The van der Waals surface area contributed by atoms with Crippen LogP contribution in [-0.4, -0.2) is 92.6 Å². The normalized spacial score (nSPS) is 17.9. The highest BCUT2D eigenvalue weighted by Crippen LogP contribution is 2.34. The number of para-hydroxylation sites is 1. The summed E-state index contributed by atoms with van der Waals surface area (Å²) in [6.07, 6.45) is 4.93. The van der Waals surface area contributed by atoms with Crippen molar-refractivity contribution in [1.82, 2.24) is 24.8 Å². The van der Waals surface area contributed by atoms with Crippen LogP contribution in [0.15, 0.2) is 88.9 Å². The maximum absolute atomic E-state index is 13.3. The SMILES string of the molecule is COc1cc(N2CCC(N3CC[C@H](N(C)C)C3)CC2)ccc1Nc1ncnc(Nc2ccccc2S(=O)(=O)c2ccccc2)n1. The van der Waals surface area contributed by atoms with Crippen molar-refractivity contribution in [3.05, 3.63) is 79.1 Å². The van der Waals surface area contributed by atoms with Crippen LogP contribution in [0.25, 0.3) is 0 Å². The smallest absolute Gasteiger partial charge is 0.232 e. The molecule has 2 fully saturated rings. The average molecular weight is 629 g/mol. The van der Waals surface area contributed by atoms with Crippen molar-refractivity contribution in [3.63, 3.8) is 0 Å². The lowest BCUT2D eigenvalue weighted by Crippen LogP contribution is -2.45. The third kappa shape index (κ3) is 6.87. The maximum atomic E-state index is 13.3. The molecule has 45 heavy (non-hydrogen) atoms. The second-order valence-electron chi connectivity index (χ2n) is 11.7. The number of ether oxygens (including phenoxy) is 1. The van der Waals surface area contributed by atoms with Gasteiger partial charge in [0, 0.05) is 50.0 Å². The molecule has 0 amide bonds. The molecule has 2 saturated heterocycles. The molecule has 12 heteroatoms. The third-order valence-electron chi connectivity index (χ3n) is 8.75. The molecule has 1 aromatic heterocycles. The first-order valence-corrected chi connectivity index (χ1v) is 16.8. The van der Waals surface area contributed by atoms with Gasteiger partial charge >= 0.3 is 0 Å². The number of hydrogen-bond donors (Lipinski definition) is 2. The molecule has 6 rings (SSSR count). The summed E-state index contributed by atoms with van der Waals surface area (Å²) < 4.78 is 32.4. The number of likely N-dealkylation sites (N-methyl/N-ethyl adjacent to an activating group) is 1. The molecule has 1 atom stereocenters. The minimum atomic E-state index is -3.76. The molecule has 0 saturated carbocycles. The monoisotopic (exact) mass is 628 g/mol. The first-order chi connectivity index (χ1) is 21.8. The lowest BCUT2D eigenvalue weighted by Gasteiger charge is -2.38. The zero-order valence-corrected chi connectivity index (χ0v) is 26.7. The molecule has 236 valence electrons. The van der Waals surface area contributed by atoms with Crippen molar-refractivity contribution in [3.8, 4) is 5.75 Å². The summed E-state index contributed by atoms with van der Waals surface area (Å²) in [4.78, 5) is 20.8. The highest BCUT2D eigenvalue weighted by atomic mass is 32.2. The Morgan fingerprint density at radius 3 is 2.22 bits per heavy atom. The summed E-state index contributed by atoms with van der Waals surface area (Å²) >= 11 is 0. The molecule has 11 nitrogen and oxygen atoms in total. The minimum absolute atomic E-state index is 0.130. The number of rotatable bonds is 10. The fraction of sp³-hybridized carbons (Fsp3) is 0.364. The number of sulfone groups is 1. The van der Waals surface area contributed by atoms with Gasteiger partial charge in [0.15, 0.2) is 0 Å². The Balaban J connectivity index is 1.13. The van der Waals surface area contributed by atoms with E-state index in [4.69, 9.17) is 4.74 Å². The first-order valence-electron chi connectivity index (χ1n) is 15.3. The van der Waals surface area contributed by atoms with Crippen LogP contribution in [-0.2, 0) is 9.84 Å². The van der Waals surface area contributed by atoms with E-state index in [1.165, 1.54) is 25.8 Å². The summed E-state index contributed by atoms with van der Waals surface area (Å²) in [5.74, 6) is 1.18. The van der Waals surface area contributed by atoms with Crippen LogP contribution in [0.2, 0.25) is 0 Å². The Hall–Kier alpha value is -4.26. The molecular formula is C33H40N8O3S. The quantitative estimate of drug-likeness (QED) is 0.252. The predicted octanol–water partition coefficient (Wildman–Crippen LogP) is 4.80. The van der Waals surface area contributed by atoms with Gasteiger partial charge in [-0.3, -0.25) is 4.90 Å². The number of hydrogen-bond acceptors (Lipinski definition) is 11. The van der Waals surface area contributed by atoms with Crippen molar-refractivity contribution in [2.24, 2.45) is 0 Å². The number of benzene rings is 3. The second kappa shape index (κ2) is 13.4. The van der Waals surface area contributed by atoms with Crippen molar-refractivity contribution >= 4 is 38.8 Å². The summed E-state index contributed by atoms with van der Waals surface area (Å²) in [6.45, 7) is 4.37. The van der Waals surface area contributed by atoms with Crippen LogP contribution in [0.4, 0.5) is 29.0 Å². The highest BCUT2D eigenvalue weighted by molar-refractivity contribution is 7.91. The average Bonchev–Trinajstić information content (AvgIpc) is 3.57. The van der Waals surface area contributed by atoms with Crippen LogP contribution in [0.3, 0.4) is 0 Å². The van der Waals surface area contributed by atoms with Crippen molar-refractivity contribution in [2.75, 3.05) is 62.9 Å². The molecule has 0 aliphatic carbocycles. The fourth-order valence-electron chi connectivity index (χ4n) is 6.18. The van der Waals surface area contributed by atoms with Gasteiger partial charge in [0.1, 0.15) is 12.1 Å². The first kappa shape index (κ1) is 30.8. The van der Waals surface area contributed by atoms with Crippen molar-refractivity contribution < 1.29 is 13.2 Å². The minimum Gasteiger partial charge on any atom is -0.494 e. The standard InChI is InChI=1S/C33H40N8O3S/c1-39(2)26-17-20-41(22-26)24-15-18-40(19-16-24)25-13-14-28(30(21-25)44-3)36-32-34-23-35-33(38-32)37-29-11-7-8-12-31(29)45(42,43)27-9-5-4-6-10-27/h4-14,21,23-24,26H,15-20,22H2,1-3H3,(H2,34,35,36,37,38)/t26-/m0/s1. The van der Waals surface area contributed by atoms with E-state index in [1.807, 2.05) is 12.1 Å². The molecule has 0 bridgehead atoms. The number of likely N-dealkylation sites (tertiary alicyclic amines) is 1. The molecule has 0 spiro atoms. The summed E-state index contributed by atoms with van der Waals surface area (Å²) in [6, 6.07) is 22.4. The molecule has 0 unspecified atom stereocenters. The van der Waals surface area contributed by atoms with Crippen LogP contribution in [0.1, 0.15) is 19.3 Å². The molecular weight excluding hydrogens is 588 g/mol. The van der Waals surface area contributed by atoms with E-state index in [0.717, 1.165) is 31.6 Å². The van der Waals surface area contributed by atoms with Crippen molar-refractivity contribution in [2.45, 2.75) is 41.1 Å². The molecule has 4 aromatic rings. The second-order valence-corrected chi connectivity index (χ2v) is 13.6. The molecule has 3 heterocycles.